The molecule has 1 aromatic rings. The number of carboxylic acid groups (broad SMARTS) is 1. The molecule has 0 atom stereocenters. The Labute approximate surface area is 114 Å². The van der Waals surface area contributed by atoms with Gasteiger partial charge in [-0.3, -0.25) is 0 Å². The van der Waals surface area contributed by atoms with E-state index in [4.69, 9.17) is 5.11 Å². The van der Waals surface area contributed by atoms with E-state index in [9.17, 15) is 4.79 Å². The number of hydrogen-bond donors (Lipinski definition) is 2. The van der Waals surface area contributed by atoms with Gasteiger partial charge in [-0.1, -0.05) is 19.9 Å². The monoisotopic (exact) mass is 265 g/mol. The number of carbonyl (C=O) groups is 1. The molecule has 0 saturated heterocycles. The second-order valence-electron chi connectivity index (χ2n) is 5.82. The molecule has 0 aliphatic carbocycles. The Kier molecular flexibility index (Phi) is 5.44. The first-order chi connectivity index (χ1) is 8.80. The Balaban J connectivity index is 2.49. The highest BCUT2D eigenvalue weighted by atomic mass is 16.4. The van der Waals surface area contributed by atoms with Gasteiger partial charge in [0.1, 0.15) is 5.69 Å². The minimum Gasteiger partial charge on any atom is -0.477 e. The van der Waals surface area contributed by atoms with Crippen LogP contribution in [-0.2, 0) is 6.54 Å². The van der Waals surface area contributed by atoms with E-state index in [1.54, 1.807) is 6.07 Å². The second kappa shape index (κ2) is 6.63. The van der Waals surface area contributed by atoms with E-state index in [1.165, 1.54) is 6.07 Å². The number of nitrogens with one attached hydrogen (secondary N) is 1. The molecule has 5 nitrogen and oxygen atoms in total. The molecule has 0 unspecified atom stereocenters. The third-order valence-corrected chi connectivity index (χ3v) is 2.68. The van der Waals surface area contributed by atoms with E-state index in [0.29, 0.717) is 6.54 Å². The largest absolute Gasteiger partial charge is 0.477 e. The van der Waals surface area contributed by atoms with Crippen LogP contribution in [0.4, 0.5) is 0 Å². The van der Waals surface area contributed by atoms with Crippen molar-refractivity contribution in [2.75, 3.05) is 27.2 Å². The molecular weight excluding hydrogens is 242 g/mol. The topological polar surface area (TPSA) is 65.5 Å². The summed E-state index contributed by atoms with van der Waals surface area (Å²) in [5.74, 6) is -0.991. The van der Waals surface area contributed by atoms with Gasteiger partial charge in [-0.2, -0.15) is 0 Å². The lowest BCUT2D eigenvalue weighted by Gasteiger charge is -2.28. The highest BCUT2D eigenvalue weighted by Gasteiger charge is 2.18. The summed E-state index contributed by atoms with van der Waals surface area (Å²) in [4.78, 5) is 17.1. The maximum atomic E-state index is 10.8. The molecule has 0 radical (unpaired) electrons. The molecule has 19 heavy (non-hydrogen) atoms. The van der Waals surface area contributed by atoms with E-state index < -0.39 is 5.97 Å². The minimum atomic E-state index is -0.991. The Bertz CT molecular complexity index is 430. The molecule has 0 amide bonds. The van der Waals surface area contributed by atoms with Crippen LogP contribution in [-0.4, -0.2) is 48.1 Å². The van der Waals surface area contributed by atoms with Gasteiger partial charge < -0.3 is 15.3 Å². The van der Waals surface area contributed by atoms with Crippen LogP contribution in [0.5, 0.6) is 0 Å². The van der Waals surface area contributed by atoms with Gasteiger partial charge in [0, 0.05) is 19.6 Å². The Morgan fingerprint density at radius 3 is 2.68 bits per heavy atom. The fourth-order valence-corrected chi connectivity index (χ4v) is 2.14. The number of rotatable bonds is 7. The standard InChI is InChI=1S/C14H23N3O2/c1-14(2,10-17(3)4)9-15-8-11-6-5-7-12(16-11)13(18)19/h5-7,15H,8-10H2,1-4H3,(H,18,19). The van der Waals surface area contributed by atoms with Crippen LogP contribution in [0.15, 0.2) is 18.2 Å². The lowest BCUT2D eigenvalue weighted by molar-refractivity contribution is 0.0690. The Morgan fingerprint density at radius 1 is 1.42 bits per heavy atom. The quantitative estimate of drug-likeness (QED) is 0.781. The summed E-state index contributed by atoms with van der Waals surface area (Å²) in [6.07, 6.45) is 0. The molecule has 0 aromatic carbocycles. The molecule has 2 N–H and O–H groups in total. The van der Waals surface area contributed by atoms with Crippen molar-refractivity contribution in [2.24, 2.45) is 5.41 Å². The molecule has 0 fully saturated rings. The SMILES string of the molecule is CN(C)CC(C)(C)CNCc1cccc(C(=O)O)n1. The highest BCUT2D eigenvalue weighted by Crippen LogP contribution is 2.14. The molecule has 106 valence electrons. The predicted molar refractivity (Wildman–Crippen MR) is 75.2 cm³/mol. The zero-order chi connectivity index (χ0) is 14.5. The van der Waals surface area contributed by atoms with E-state index in [1.807, 2.05) is 6.07 Å². The number of pyridine rings is 1. The van der Waals surface area contributed by atoms with E-state index >= 15 is 0 Å². The van der Waals surface area contributed by atoms with Crippen molar-refractivity contribution in [3.05, 3.63) is 29.6 Å². The summed E-state index contributed by atoms with van der Waals surface area (Å²) < 4.78 is 0. The lowest BCUT2D eigenvalue weighted by atomic mass is 9.93. The Hall–Kier alpha value is -1.46. The molecule has 1 heterocycles. The fraction of sp³-hybridized carbons (Fsp3) is 0.571. The molecule has 0 spiro atoms. The molecule has 0 aliphatic rings. The van der Waals surface area contributed by atoms with Crippen molar-refractivity contribution in [3.8, 4) is 0 Å². The molecule has 1 aromatic heterocycles. The zero-order valence-corrected chi connectivity index (χ0v) is 12.1. The number of nitrogens with zero attached hydrogens (tertiary/aromatic N) is 2. The fourth-order valence-electron chi connectivity index (χ4n) is 2.14. The van der Waals surface area contributed by atoms with E-state index in [0.717, 1.165) is 18.8 Å². The third kappa shape index (κ3) is 5.81. The van der Waals surface area contributed by atoms with Crippen molar-refractivity contribution in [1.82, 2.24) is 15.2 Å². The molecule has 0 saturated carbocycles. The molecule has 1 rings (SSSR count). The first-order valence-corrected chi connectivity index (χ1v) is 6.35. The predicted octanol–water partition coefficient (Wildman–Crippen LogP) is 1.46. The summed E-state index contributed by atoms with van der Waals surface area (Å²) in [5, 5.41) is 12.2. The number of hydrogen-bond acceptors (Lipinski definition) is 4. The lowest BCUT2D eigenvalue weighted by Crippen LogP contribution is -2.37. The maximum absolute atomic E-state index is 10.8. The first-order valence-electron chi connectivity index (χ1n) is 6.35. The smallest absolute Gasteiger partial charge is 0.354 e. The van der Waals surface area contributed by atoms with Crippen molar-refractivity contribution in [1.29, 1.82) is 0 Å². The number of carboxylic acids is 1. The summed E-state index contributed by atoms with van der Waals surface area (Å²) >= 11 is 0. The van der Waals surface area contributed by atoms with Crippen LogP contribution in [0.1, 0.15) is 30.0 Å². The normalized spacial score (nSPS) is 11.8. The second-order valence-corrected chi connectivity index (χ2v) is 5.82. The number of aromatic nitrogens is 1. The molecule has 0 aliphatic heterocycles. The first kappa shape index (κ1) is 15.6. The van der Waals surface area contributed by atoms with Gasteiger partial charge in [-0.25, -0.2) is 9.78 Å². The van der Waals surface area contributed by atoms with Gasteiger partial charge in [0.05, 0.1) is 5.69 Å². The highest BCUT2D eigenvalue weighted by molar-refractivity contribution is 5.85. The van der Waals surface area contributed by atoms with Crippen molar-refractivity contribution < 1.29 is 9.90 Å². The molecule has 5 heteroatoms. The van der Waals surface area contributed by atoms with Crippen LogP contribution in [0.3, 0.4) is 0 Å². The average Bonchev–Trinajstić information content (AvgIpc) is 2.27. The van der Waals surface area contributed by atoms with Crippen molar-refractivity contribution in [3.63, 3.8) is 0 Å². The van der Waals surface area contributed by atoms with Gasteiger partial charge in [0.25, 0.3) is 0 Å². The summed E-state index contributed by atoms with van der Waals surface area (Å²) in [5.41, 5.74) is 1.00. The summed E-state index contributed by atoms with van der Waals surface area (Å²) in [6, 6.07) is 5.05. The van der Waals surface area contributed by atoms with Crippen LogP contribution in [0, 0.1) is 5.41 Å². The van der Waals surface area contributed by atoms with E-state index in [-0.39, 0.29) is 11.1 Å². The van der Waals surface area contributed by atoms with Crippen molar-refractivity contribution >= 4 is 5.97 Å². The van der Waals surface area contributed by atoms with Crippen LogP contribution in [0.25, 0.3) is 0 Å². The van der Waals surface area contributed by atoms with Gasteiger partial charge in [0.2, 0.25) is 0 Å². The van der Waals surface area contributed by atoms with Gasteiger partial charge >= 0.3 is 5.97 Å². The van der Waals surface area contributed by atoms with Crippen LogP contribution >= 0.6 is 0 Å². The average molecular weight is 265 g/mol. The van der Waals surface area contributed by atoms with Crippen LogP contribution < -0.4 is 5.32 Å². The van der Waals surface area contributed by atoms with Crippen LogP contribution in [0.2, 0.25) is 0 Å². The van der Waals surface area contributed by atoms with Gasteiger partial charge in [-0.15, -0.1) is 0 Å². The van der Waals surface area contributed by atoms with Gasteiger partial charge in [-0.05, 0) is 31.6 Å². The van der Waals surface area contributed by atoms with Gasteiger partial charge in [0.15, 0.2) is 0 Å². The summed E-state index contributed by atoms with van der Waals surface area (Å²) in [7, 11) is 4.11. The Morgan fingerprint density at radius 2 is 2.11 bits per heavy atom. The molecule has 0 bridgehead atoms. The summed E-state index contributed by atoms with van der Waals surface area (Å²) in [6.45, 7) is 6.81. The number of aromatic carboxylic acids is 1. The van der Waals surface area contributed by atoms with Crippen molar-refractivity contribution in [2.45, 2.75) is 20.4 Å². The zero-order valence-electron chi connectivity index (χ0n) is 12.1. The maximum Gasteiger partial charge on any atom is 0.354 e. The molecular formula is C14H23N3O2. The van der Waals surface area contributed by atoms with E-state index in [2.05, 4.69) is 43.1 Å². The minimum absolute atomic E-state index is 0.0897. The third-order valence-electron chi connectivity index (χ3n) is 2.68.